The second-order valence-corrected chi connectivity index (χ2v) is 4.54. The van der Waals surface area contributed by atoms with Gasteiger partial charge in [-0.15, -0.1) is 0 Å². The summed E-state index contributed by atoms with van der Waals surface area (Å²) in [5.41, 5.74) is 0. The van der Waals surface area contributed by atoms with Crippen LogP contribution in [-0.2, 0) is 4.79 Å². The Morgan fingerprint density at radius 3 is 3.06 bits per heavy atom. The van der Waals surface area contributed by atoms with Gasteiger partial charge in [0.05, 0.1) is 12.2 Å². The lowest BCUT2D eigenvalue weighted by Crippen LogP contribution is -2.47. The van der Waals surface area contributed by atoms with Gasteiger partial charge in [0.25, 0.3) is 0 Å². The van der Waals surface area contributed by atoms with Gasteiger partial charge in [-0.2, -0.15) is 0 Å². The number of carbonyl (C=O) groups is 1. The van der Waals surface area contributed by atoms with Gasteiger partial charge < -0.3 is 15.1 Å². The standard InChI is InChI=1S/C12H19N3O2/c1-8-7-14-12(17-8)9(2)15-11(16)10-5-3-4-6-13-10/h7,9-10,13H,3-6H2,1-2H3,(H,15,16)/t9?,10-/m1/s1. The molecule has 0 bridgehead atoms. The average Bonchev–Trinajstić information content (AvgIpc) is 2.77. The summed E-state index contributed by atoms with van der Waals surface area (Å²) in [6.07, 6.45) is 4.83. The van der Waals surface area contributed by atoms with Gasteiger partial charge in [-0.05, 0) is 33.2 Å². The predicted octanol–water partition coefficient (Wildman–Crippen LogP) is 1.30. The molecule has 0 spiro atoms. The van der Waals surface area contributed by atoms with Gasteiger partial charge in [0.15, 0.2) is 0 Å². The number of piperidine rings is 1. The summed E-state index contributed by atoms with van der Waals surface area (Å²) >= 11 is 0. The van der Waals surface area contributed by atoms with Crippen molar-refractivity contribution in [1.29, 1.82) is 0 Å². The van der Waals surface area contributed by atoms with Crippen LogP contribution in [0.5, 0.6) is 0 Å². The minimum atomic E-state index is -0.181. The van der Waals surface area contributed by atoms with Crippen molar-refractivity contribution in [2.24, 2.45) is 0 Å². The van der Waals surface area contributed by atoms with Crippen LogP contribution in [0, 0.1) is 6.92 Å². The molecule has 1 aromatic rings. The summed E-state index contributed by atoms with van der Waals surface area (Å²) in [7, 11) is 0. The molecular weight excluding hydrogens is 218 g/mol. The third kappa shape index (κ3) is 3.06. The Hall–Kier alpha value is -1.36. The Kier molecular flexibility index (Phi) is 3.78. The van der Waals surface area contributed by atoms with Crippen LogP contribution in [0.2, 0.25) is 0 Å². The quantitative estimate of drug-likeness (QED) is 0.831. The van der Waals surface area contributed by atoms with Crippen molar-refractivity contribution in [2.75, 3.05) is 6.54 Å². The Morgan fingerprint density at radius 1 is 1.65 bits per heavy atom. The highest BCUT2D eigenvalue weighted by Crippen LogP contribution is 2.13. The maximum Gasteiger partial charge on any atom is 0.237 e. The van der Waals surface area contributed by atoms with Crippen molar-refractivity contribution in [2.45, 2.75) is 45.2 Å². The zero-order chi connectivity index (χ0) is 12.3. The van der Waals surface area contributed by atoms with Gasteiger partial charge in [-0.1, -0.05) is 6.42 Å². The van der Waals surface area contributed by atoms with Crippen LogP contribution in [0.4, 0.5) is 0 Å². The third-order valence-corrected chi connectivity index (χ3v) is 3.00. The number of hydrogen-bond acceptors (Lipinski definition) is 4. The van der Waals surface area contributed by atoms with Gasteiger partial charge in [0, 0.05) is 0 Å². The molecule has 2 atom stereocenters. The number of nitrogens with zero attached hydrogens (tertiary/aromatic N) is 1. The first-order valence-electron chi connectivity index (χ1n) is 6.13. The van der Waals surface area contributed by atoms with E-state index in [0.717, 1.165) is 31.6 Å². The fourth-order valence-electron chi connectivity index (χ4n) is 2.02. The lowest BCUT2D eigenvalue weighted by atomic mass is 10.0. The molecule has 5 heteroatoms. The number of carbonyl (C=O) groups excluding carboxylic acids is 1. The lowest BCUT2D eigenvalue weighted by molar-refractivity contribution is -0.124. The molecule has 2 N–H and O–H groups in total. The van der Waals surface area contributed by atoms with Crippen molar-refractivity contribution >= 4 is 5.91 Å². The van der Waals surface area contributed by atoms with Crippen LogP contribution in [0.3, 0.4) is 0 Å². The van der Waals surface area contributed by atoms with Crippen molar-refractivity contribution in [3.8, 4) is 0 Å². The second-order valence-electron chi connectivity index (χ2n) is 4.54. The number of aryl methyl sites for hydroxylation is 1. The molecule has 1 aromatic heterocycles. The first-order valence-corrected chi connectivity index (χ1v) is 6.13. The number of oxazole rings is 1. The van der Waals surface area contributed by atoms with Crippen LogP contribution in [0.1, 0.15) is 43.9 Å². The van der Waals surface area contributed by atoms with E-state index in [1.165, 1.54) is 0 Å². The van der Waals surface area contributed by atoms with Crippen LogP contribution in [-0.4, -0.2) is 23.5 Å². The maximum absolute atomic E-state index is 11.9. The molecule has 1 amide bonds. The minimum Gasteiger partial charge on any atom is -0.444 e. The Labute approximate surface area is 101 Å². The molecule has 1 fully saturated rings. The molecule has 5 nitrogen and oxygen atoms in total. The normalized spacial score (nSPS) is 22.1. The van der Waals surface area contributed by atoms with Gasteiger partial charge in [-0.25, -0.2) is 4.98 Å². The molecule has 0 aromatic carbocycles. The summed E-state index contributed by atoms with van der Waals surface area (Å²) in [5, 5.41) is 6.14. The van der Waals surface area contributed by atoms with Gasteiger partial charge in [-0.3, -0.25) is 4.79 Å². The monoisotopic (exact) mass is 237 g/mol. The SMILES string of the molecule is Cc1cnc(C(C)NC(=O)[C@H]2CCCCN2)o1. The lowest BCUT2D eigenvalue weighted by Gasteiger charge is -2.23. The van der Waals surface area contributed by atoms with Crippen molar-refractivity contribution in [1.82, 2.24) is 15.6 Å². The molecule has 1 aliphatic rings. The topological polar surface area (TPSA) is 67.2 Å². The Morgan fingerprint density at radius 2 is 2.47 bits per heavy atom. The first kappa shape index (κ1) is 12.1. The molecule has 1 aliphatic heterocycles. The van der Waals surface area contributed by atoms with E-state index in [1.807, 2.05) is 13.8 Å². The van der Waals surface area contributed by atoms with Crippen LogP contribution >= 0.6 is 0 Å². The van der Waals surface area contributed by atoms with E-state index in [1.54, 1.807) is 6.20 Å². The summed E-state index contributed by atoms with van der Waals surface area (Å²) in [6, 6.07) is -0.248. The fraction of sp³-hybridized carbons (Fsp3) is 0.667. The Balaban J connectivity index is 1.89. The largest absolute Gasteiger partial charge is 0.444 e. The van der Waals surface area contributed by atoms with E-state index < -0.39 is 0 Å². The molecule has 0 aliphatic carbocycles. The van der Waals surface area contributed by atoms with Crippen LogP contribution in [0.25, 0.3) is 0 Å². The molecule has 0 saturated carbocycles. The van der Waals surface area contributed by atoms with Crippen LogP contribution < -0.4 is 10.6 Å². The van der Waals surface area contributed by atoms with Gasteiger partial charge in [0.2, 0.25) is 11.8 Å². The van der Waals surface area contributed by atoms with E-state index >= 15 is 0 Å². The zero-order valence-electron chi connectivity index (χ0n) is 10.3. The van der Waals surface area contributed by atoms with Crippen LogP contribution in [0.15, 0.2) is 10.6 Å². The zero-order valence-corrected chi connectivity index (χ0v) is 10.3. The van der Waals surface area contributed by atoms with Crippen molar-refractivity contribution < 1.29 is 9.21 Å². The highest BCUT2D eigenvalue weighted by molar-refractivity contribution is 5.82. The second kappa shape index (κ2) is 5.31. The van der Waals surface area contributed by atoms with E-state index in [-0.39, 0.29) is 18.0 Å². The first-order chi connectivity index (χ1) is 8.16. The number of amides is 1. The van der Waals surface area contributed by atoms with Gasteiger partial charge >= 0.3 is 0 Å². The summed E-state index contributed by atoms with van der Waals surface area (Å²) < 4.78 is 5.39. The highest BCUT2D eigenvalue weighted by atomic mass is 16.4. The molecule has 2 heterocycles. The molecular formula is C12H19N3O2. The smallest absolute Gasteiger partial charge is 0.237 e. The minimum absolute atomic E-state index is 0.0352. The molecule has 1 unspecified atom stereocenters. The summed E-state index contributed by atoms with van der Waals surface area (Å²) in [6.45, 7) is 4.64. The third-order valence-electron chi connectivity index (χ3n) is 3.00. The van der Waals surface area contributed by atoms with E-state index in [4.69, 9.17) is 4.42 Å². The number of rotatable bonds is 3. The van der Waals surface area contributed by atoms with E-state index in [9.17, 15) is 4.79 Å². The number of aromatic nitrogens is 1. The van der Waals surface area contributed by atoms with E-state index in [2.05, 4.69) is 15.6 Å². The molecule has 0 radical (unpaired) electrons. The van der Waals surface area contributed by atoms with Crippen molar-refractivity contribution in [3.63, 3.8) is 0 Å². The summed E-state index contributed by atoms with van der Waals surface area (Å²) in [5.74, 6) is 1.36. The molecule has 2 rings (SSSR count). The number of nitrogens with one attached hydrogen (secondary N) is 2. The summed E-state index contributed by atoms with van der Waals surface area (Å²) in [4.78, 5) is 16.1. The highest BCUT2D eigenvalue weighted by Gasteiger charge is 2.23. The van der Waals surface area contributed by atoms with Crippen molar-refractivity contribution in [3.05, 3.63) is 17.8 Å². The fourth-order valence-corrected chi connectivity index (χ4v) is 2.02. The Bertz CT molecular complexity index is 383. The molecule has 94 valence electrons. The molecule has 1 saturated heterocycles. The van der Waals surface area contributed by atoms with E-state index in [0.29, 0.717) is 5.89 Å². The van der Waals surface area contributed by atoms with Gasteiger partial charge in [0.1, 0.15) is 11.8 Å². The molecule has 17 heavy (non-hydrogen) atoms. The maximum atomic E-state index is 11.9. The number of hydrogen-bond donors (Lipinski definition) is 2. The predicted molar refractivity (Wildman–Crippen MR) is 63.4 cm³/mol. The average molecular weight is 237 g/mol.